The Hall–Kier alpha value is -3.68. The zero-order valence-electron chi connectivity index (χ0n) is 24.9. The summed E-state index contributed by atoms with van der Waals surface area (Å²) in [5.74, 6) is -2.76. The van der Waals surface area contributed by atoms with Crippen LogP contribution in [0.2, 0.25) is 0 Å². The van der Waals surface area contributed by atoms with Gasteiger partial charge in [0.2, 0.25) is 6.10 Å². The smallest absolute Gasteiger partial charge is 0.347 e. The number of unbranched alkanes of at least 4 members (excludes halogenated alkanes) is 13. The standard InChI is InChI=1S/C34H48O8/c1-2-3-4-5-6-7-8-9-10-11-12-13-14-15-22-41-34(40)32(25-27-17-20-29(36)31(38)24-27)42-33(39)21-18-26-16-19-28(35)30(37)23-26/h16-21,23-24,32,35-38H,2-15,22,25H2,1H3/b21-18+/t32-/m1/s1. The minimum Gasteiger partial charge on any atom is -0.504 e. The van der Waals surface area contributed by atoms with E-state index in [2.05, 4.69) is 6.92 Å². The molecule has 2 aromatic carbocycles. The van der Waals surface area contributed by atoms with Crippen molar-refractivity contribution in [2.75, 3.05) is 6.61 Å². The van der Waals surface area contributed by atoms with Gasteiger partial charge in [0.05, 0.1) is 6.61 Å². The molecule has 42 heavy (non-hydrogen) atoms. The van der Waals surface area contributed by atoms with Crippen molar-refractivity contribution >= 4 is 18.0 Å². The van der Waals surface area contributed by atoms with E-state index < -0.39 is 18.0 Å². The summed E-state index contributed by atoms with van der Waals surface area (Å²) in [4.78, 5) is 25.3. The zero-order chi connectivity index (χ0) is 30.6. The Bertz CT molecular complexity index is 1110. The molecule has 232 valence electrons. The molecule has 0 unspecified atom stereocenters. The van der Waals surface area contributed by atoms with E-state index in [0.717, 1.165) is 18.9 Å². The van der Waals surface area contributed by atoms with Crippen LogP contribution in [0.3, 0.4) is 0 Å². The quantitative estimate of drug-likeness (QED) is 0.0508. The fourth-order valence-corrected chi connectivity index (χ4v) is 4.63. The average molecular weight is 585 g/mol. The SMILES string of the molecule is CCCCCCCCCCCCCCCCOC(=O)[C@@H](Cc1ccc(O)c(O)c1)OC(=O)/C=C/c1ccc(O)c(O)c1. The van der Waals surface area contributed by atoms with Crippen LogP contribution in [0.4, 0.5) is 0 Å². The molecule has 2 aromatic rings. The molecule has 0 radical (unpaired) electrons. The molecule has 0 saturated heterocycles. The molecule has 1 atom stereocenters. The molecular weight excluding hydrogens is 536 g/mol. The van der Waals surface area contributed by atoms with E-state index in [4.69, 9.17) is 9.47 Å². The molecule has 0 fully saturated rings. The molecule has 0 aliphatic heterocycles. The largest absolute Gasteiger partial charge is 0.504 e. The molecule has 4 N–H and O–H groups in total. The van der Waals surface area contributed by atoms with Gasteiger partial charge in [0, 0.05) is 12.5 Å². The minimum absolute atomic E-state index is 0.0506. The number of ether oxygens (including phenoxy) is 2. The molecule has 0 saturated carbocycles. The van der Waals surface area contributed by atoms with Crippen LogP contribution in [0, 0.1) is 0 Å². The highest BCUT2D eigenvalue weighted by atomic mass is 16.6. The van der Waals surface area contributed by atoms with Gasteiger partial charge in [-0.25, -0.2) is 9.59 Å². The number of aromatic hydroxyl groups is 4. The molecule has 8 heteroatoms. The lowest BCUT2D eigenvalue weighted by Crippen LogP contribution is -2.31. The fraction of sp³-hybridized carbons (Fsp3) is 0.529. The van der Waals surface area contributed by atoms with Crippen molar-refractivity contribution in [3.05, 3.63) is 53.6 Å². The van der Waals surface area contributed by atoms with Crippen molar-refractivity contribution in [2.45, 2.75) is 109 Å². The number of carbonyl (C=O) groups excluding carboxylic acids is 2. The van der Waals surface area contributed by atoms with E-state index in [1.54, 1.807) is 0 Å². The minimum atomic E-state index is -1.26. The van der Waals surface area contributed by atoms with Crippen LogP contribution in [0.5, 0.6) is 23.0 Å². The van der Waals surface area contributed by atoms with Gasteiger partial charge in [-0.2, -0.15) is 0 Å². The Labute approximate surface area is 250 Å². The van der Waals surface area contributed by atoms with E-state index in [-0.39, 0.29) is 36.0 Å². The van der Waals surface area contributed by atoms with Crippen molar-refractivity contribution in [2.24, 2.45) is 0 Å². The maximum Gasteiger partial charge on any atom is 0.347 e. The summed E-state index contributed by atoms with van der Waals surface area (Å²) in [6.45, 7) is 2.46. The first-order valence-corrected chi connectivity index (χ1v) is 15.4. The van der Waals surface area contributed by atoms with Crippen molar-refractivity contribution in [1.82, 2.24) is 0 Å². The van der Waals surface area contributed by atoms with Gasteiger partial charge in [-0.05, 0) is 47.9 Å². The number of carbonyl (C=O) groups is 2. The van der Waals surface area contributed by atoms with Gasteiger partial charge in [0.15, 0.2) is 23.0 Å². The first-order chi connectivity index (χ1) is 20.3. The van der Waals surface area contributed by atoms with Gasteiger partial charge in [-0.3, -0.25) is 0 Å². The third-order valence-corrected chi connectivity index (χ3v) is 7.14. The van der Waals surface area contributed by atoms with Crippen LogP contribution in [-0.2, 0) is 25.5 Å². The van der Waals surface area contributed by atoms with Gasteiger partial charge < -0.3 is 29.9 Å². The van der Waals surface area contributed by atoms with Crippen LogP contribution < -0.4 is 0 Å². The highest BCUT2D eigenvalue weighted by molar-refractivity contribution is 5.89. The predicted octanol–water partition coefficient (Wildman–Crippen LogP) is 7.70. The molecule has 0 aliphatic carbocycles. The Kier molecular flexibility index (Phi) is 16.6. The number of rotatable bonds is 21. The number of phenols is 4. The summed E-state index contributed by atoms with van der Waals surface area (Å²) in [6.07, 6.45) is 18.3. The predicted molar refractivity (Wildman–Crippen MR) is 163 cm³/mol. The lowest BCUT2D eigenvalue weighted by atomic mass is 10.0. The summed E-state index contributed by atoms with van der Waals surface area (Å²) in [7, 11) is 0. The molecule has 0 heterocycles. The van der Waals surface area contributed by atoms with Crippen LogP contribution in [0.25, 0.3) is 6.08 Å². The van der Waals surface area contributed by atoms with E-state index in [0.29, 0.717) is 17.5 Å². The highest BCUT2D eigenvalue weighted by Gasteiger charge is 2.25. The third kappa shape index (κ3) is 14.3. The van der Waals surface area contributed by atoms with Crippen molar-refractivity contribution in [3.8, 4) is 23.0 Å². The second-order valence-corrected chi connectivity index (χ2v) is 10.8. The van der Waals surface area contributed by atoms with Gasteiger partial charge >= 0.3 is 11.9 Å². The van der Waals surface area contributed by atoms with E-state index >= 15 is 0 Å². The second kappa shape index (κ2) is 20.2. The summed E-state index contributed by atoms with van der Waals surface area (Å²) < 4.78 is 10.8. The number of hydrogen-bond donors (Lipinski definition) is 4. The maximum absolute atomic E-state index is 12.8. The molecule has 0 amide bonds. The first kappa shape index (κ1) is 34.5. The summed E-state index contributed by atoms with van der Waals surface area (Å²) >= 11 is 0. The Morgan fingerprint density at radius 2 is 1.21 bits per heavy atom. The van der Waals surface area contributed by atoms with Crippen LogP contribution in [0.1, 0.15) is 108 Å². The number of esters is 2. The van der Waals surface area contributed by atoms with Crippen molar-refractivity contribution in [3.63, 3.8) is 0 Å². The monoisotopic (exact) mass is 584 g/mol. The van der Waals surface area contributed by atoms with Crippen LogP contribution >= 0.6 is 0 Å². The van der Waals surface area contributed by atoms with Crippen LogP contribution in [-0.4, -0.2) is 45.1 Å². The molecule has 0 aliphatic rings. The normalized spacial score (nSPS) is 11.9. The van der Waals surface area contributed by atoms with Gasteiger partial charge in [0.25, 0.3) is 0 Å². The first-order valence-electron chi connectivity index (χ1n) is 15.4. The molecule has 8 nitrogen and oxygen atoms in total. The molecule has 2 rings (SSSR count). The Morgan fingerprint density at radius 1 is 0.690 bits per heavy atom. The van der Waals surface area contributed by atoms with Crippen LogP contribution in [0.15, 0.2) is 42.5 Å². The van der Waals surface area contributed by atoms with Crippen molar-refractivity contribution < 1.29 is 39.5 Å². The van der Waals surface area contributed by atoms with Gasteiger partial charge in [-0.15, -0.1) is 0 Å². The second-order valence-electron chi connectivity index (χ2n) is 10.8. The summed E-state index contributed by atoms with van der Waals surface area (Å²) in [5, 5.41) is 38.4. The number of benzene rings is 2. The summed E-state index contributed by atoms with van der Waals surface area (Å²) in [6, 6.07) is 8.18. The molecule has 0 bridgehead atoms. The fourth-order valence-electron chi connectivity index (χ4n) is 4.63. The molecular formula is C34H48O8. The van der Waals surface area contributed by atoms with E-state index in [1.165, 1.54) is 113 Å². The zero-order valence-corrected chi connectivity index (χ0v) is 24.9. The molecule has 0 spiro atoms. The summed E-state index contributed by atoms with van der Waals surface area (Å²) in [5.41, 5.74) is 0.923. The molecule has 0 aromatic heterocycles. The van der Waals surface area contributed by atoms with Gasteiger partial charge in [-0.1, -0.05) is 103 Å². The van der Waals surface area contributed by atoms with E-state index in [1.807, 2.05) is 0 Å². The third-order valence-electron chi connectivity index (χ3n) is 7.14. The Balaban J connectivity index is 1.74. The lowest BCUT2D eigenvalue weighted by Gasteiger charge is -2.16. The average Bonchev–Trinajstić information content (AvgIpc) is 2.97. The number of hydrogen-bond acceptors (Lipinski definition) is 8. The topological polar surface area (TPSA) is 134 Å². The van der Waals surface area contributed by atoms with Gasteiger partial charge in [0.1, 0.15) is 0 Å². The lowest BCUT2D eigenvalue weighted by molar-refractivity contribution is -0.165. The maximum atomic E-state index is 12.8. The highest BCUT2D eigenvalue weighted by Crippen LogP contribution is 2.27. The number of phenolic OH excluding ortho intramolecular Hbond substituents is 4. The van der Waals surface area contributed by atoms with E-state index in [9.17, 15) is 30.0 Å². The Morgan fingerprint density at radius 3 is 1.76 bits per heavy atom. The van der Waals surface area contributed by atoms with Crippen molar-refractivity contribution in [1.29, 1.82) is 0 Å².